The molecule has 0 bridgehead atoms. The molecule has 0 aromatic heterocycles. The Kier molecular flexibility index (Phi) is 10.6. The van der Waals surface area contributed by atoms with Crippen LogP contribution in [0.3, 0.4) is 0 Å². The van der Waals surface area contributed by atoms with Crippen LogP contribution in [0.2, 0.25) is 10.0 Å². The van der Waals surface area contributed by atoms with Crippen LogP contribution in [-0.4, -0.2) is 37.0 Å². The molecule has 4 rings (SSSR count). The van der Waals surface area contributed by atoms with E-state index in [-0.39, 0.29) is 17.9 Å². The van der Waals surface area contributed by atoms with E-state index in [1.807, 2.05) is 77.7 Å². The van der Waals surface area contributed by atoms with Crippen molar-refractivity contribution in [1.29, 1.82) is 0 Å². The molecular formula is C28H31Cl2NO3S. The van der Waals surface area contributed by atoms with E-state index in [0.29, 0.717) is 11.6 Å². The maximum atomic E-state index is 13.3. The number of likely N-dealkylation sites (tertiary alicyclic amines) is 1. The summed E-state index contributed by atoms with van der Waals surface area (Å²) < 4.78 is 10.9. The summed E-state index contributed by atoms with van der Waals surface area (Å²) in [7, 11) is 3.27. The number of ether oxygens (including phenoxy) is 2. The van der Waals surface area contributed by atoms with Gasteiger partial charge in [0.05, 0.1) is 20.3 Å². The SMILES string of the molecule is COc1ccc(CN2C(=O)C(CSC)CCC2c2ccc(Cl)cc2)c(OC)c1.Clc1ccccc1. The first-order chi connectivity index (χ1) is 17.0. The van der Waals surface area contributed by atoms with Crippen LogP contribution in [-0.2, 0) is 11.3 Å². The molecule has 1 heterocycles. The normalized spacial score (nSPS) is 17.4. The van der Waals surface area contributed by atoms with E-state index in [4.69, 9.17) is 32.7 Å². The number of hydrogen-bond donors (Lipinski definition) is 0. The van der Waals surface area contributed by atoms with Crippen molar-refractivity contribution in [2.75, 3.05) is 26.2 Å². The number of carbonyl (C=O) groups is 1. The molecule has 7 heteroatoms. The maximum absolute atomic E-state index is 13.3. The van der Waals surface area contributed by atoms with Crippen LogP contribution in [0.25, 0.3) is 0 Å². The Labute approximate surface area is 222 Å². The molecule has 186 valence electrons. The predicted octanol–water partition coefficient (Wildman–Crippen LogP) is 7.54. The Balaban J connectivity index is 0.000000420. The van der Waals surface area contributed by atoms with Crippen molar-refractivity contribution >= 4 is 40.9 Å². The molecule has 1 saturated heterocycles. The number of hydrogen-bond acceptors (Lipinski definition) is 4. The molecule has 1 fully saturated rings. The molecule has 3 aromatic rings. The van der Waals surface area contributed by atoms with Gasteiger partial charge >= 0.3 is 0 Å². The van der Waals surface area contributed by atoms with E-state index in [1.54, 1.807) is 26.0 Å². The van der Waals surface area contributed by atoms with Gasteiger partial charge in [0.15, 0.2) is 0 Å². The molecule has 0 radical (unpaired) electrons. The van der Waals surface area contributed by atoms with Gasteiger partial charge in [-0.15, -0.1) is 0 Å². The summed E-state index contributed by atoms with van der Waals surface area (Å²) in [5, 5.41) is 1.50. The number of rotatable bonds is 7. The van der Waals surface area contributed by atoms with Crippen LogP contribution in [0.15, 0.2) is 72.8 Å². The third-order valence-corrected chi connectivity index (χ3v) is 7.23. The first-order valence-corrected chi connectivity index (χ1v) is 13.6. The number of methoxy groups -OCH3 is 2. The molecular weight excluding hydrogens is 501 g/mol. The highest BCUT2D eigenvalue weighted by Gasteiger charge is 2.36. The third-order valence-electron chi connectivity index (χ3n) is 5.99. The molecule has 1 amide bonds. The van der Waals surface area contributed by atoms with Gasteiger partial charge in [0, 0.05) is 39.9 Å². The van der Waals surface area contributed by atoms with E-state index in [1.165, 1.54) is 0 Å². The standard InChI is InChI=1S/C22H26ClNO3S.C6H5Cl/c1-26-19-10-6-16(21(12-19)27-2)13-24-20(15-4-8-18(23)9-5-15)11-7-17(14-28-3)22(24)25;7-6-4-2-1-3-5-6/h4-6,8-10,12,17,20H,7,11,13-14H2,1-3H3;1-5H. The number of benzene rings is 3. The summed E-state index contributed by atoms with van der Waals surface area (Å²) in [4.78, 5) is 15.3. The molecule has 4 nitrogen and oxygen atoms in total. The highest BCUT2D eigenvalue weighted by Crippen LogP contribution is 2.38. The molecule has 1 aliphatic rings. The number of amides is 1. The smallest absolute Gasteiger partial charge is 0.227 e. The zero-order valence-electron chi connectivity index (χ0n) is 20.2. The lowest BCUT2D eigenvalue weighted by atomic mass is 9.88. The van der Waals surface area contributed by atoms with Crippen LogP contribution in [0, 0.1) is 5.92 Å². The second-order valence-electron chi connectivity index (χ2n) is 8.24. The monoisotopic (exact) mass is 531 g/mol. The largest absolute Gasteiger partial charge is 0.497 e. The lowest BCUT2D eigenvalue weighted by molar-refractivity contribution is -0.142. The average molecular weight is 533 g/mol. The van der Waals surface area contributed by atoms with Crippen molar-refractivity contribution in [3.8, 4) is 11.5 Å². The van der Waals surface area contributed by atoms with Gasteiger partial charge in [-0.3, -0.25) is 4.79 Å². The highest BCUT2D eigenvalue weighted by molar-refractivity contribution is 7.98. The van der Waals surface area contributed by atoms with Gasteiger partial charge in [-0.2, -0.15) is 11.8 Å². The van der Waals surface area contributed by atoms with Crippen molar-refractivity contribution in [2.45, 2.75) is 25.4 Å². The van der Waals surface area contributed by atoms with Crippen molar-refractivity contribution in [3.63, 3.8) is 0 Å². The predicted molar refractivity (Wildman–Crippen MR) is 147 cm³/mol. The molecule has 0 spiro atoms. The maximum Gasteiger partial charge on any atom is 0.227 e. The molecule has 2 unspecified atom stereocenters. The lowest BCUT2D eigenvalue weighted by Crippen LogP contribution is -2.43. The zero-order chi connectivity index (χ0) is 25.2. The van der Waals surface area contributed by atoms with Gasteiger partial charge in [-0.05, 0) is 61.1 Å². The molecule has 3 aromatic carbocycles. The highest BCUT2D eigenvalue weighted by atomic mass is 35.5. The van der Waals surface area contributed by atoms with Crippen LogP contribution in [0.5, 0.6) is 11.5 Å². The quantitative estimate of drug-likeness (QED) is 0.315. The number of thioether (sulfide) groups is 1. The van der Waals surface area contributed by atoms with Gasteiger partial charge in [-0.25, -0.2) is 0 Å². The molecule has 2 atom stereocenters. The van der Waals surface area contributed by atoms with E-state index in [2.05, 4.69) is 6.26 Å². The van der Waals surface area contributed by atoms with Crippen LogP contribution < -0.4 is 9.47 Å². The summed E-state index contributed by atoms with van der Waals surface area (Å²) in [6, 6.07) is 23.0. The van der Waals surface area contributed by atoms with Gasteiger partial charge < -0.3 is 14.4 Å². The van der Waals surface area contributed by atoms with Gasteiger partial charge in [0.25, 0.3) is 0 Å². The topological polar surface area (TPSA) is 38.8 Å². The van der Waals surface area contributed by atoms with Gasteiger partial charge in [-0.1, -0.05) is 53.5 Å². The Morgan fingerprint density at radius 2 is 1.60 bits per heavy atom. The zero-order valence-corrected chi connectivity index (χ0v) is 22.6. The minimum atomic E-state index is 0.0367. The fraction of sp³-hybridized carbons (Fsp3) is 0.321. The van der Waals surface area contributed by atoms with E-state index < -0.39 is 0 Å². The Hall–Kier alpha value is -2.34. The number of piperidine rings is 1. The number of carbonyl (C=O) groups excluding carboxylic acids is 1. The van der Waals surface area contributed by atoms with E-state index in [0.717, 1.165) is 46.2 Å². The third kappa shape index (κ3) is 7.57. The average Bonchev–Trinajstić information content (AvgIpc) is 2.88. The summed E-state index contributed by atoms with van der Waals surface area (Å²) >= 11 is 13.3. The van der Waals surface area contributed by atoms with Crippen LogP contribution in [0.4, 0.5) is 0 Å². The first kappa shape index (κ1) is 27.3. The summed E-state index contributed by atoms with van der Waals surface area (Å²) in [5.41, 5.74) is 2.09. The summed E-state index contributed by atoms with van der Waals surface area (Å²) in [6.07, 6.45) is 3.90. The molecule has 0 saturated carbocycles. The number of halogens is 2. The van der Waals surface area contributed by atoms with Gasteiger partial charge in [0.2, 0.25) is 5.91 Å². The fourth-order valence-electron chi connectivity index (χ4n) is 4.18. The van der Waals surface area contributed by atoms with E-state index >= 15 is 0 Å². The van der Waals surface area contributed by atoms with Crippen LogP contribution >= 0.6 is 35.0 Å². The minimum Gasteiger partial charge on any atom is -0.497 e. The second kappa shape index (κ2) is 13.7. The molecule has 35 heavy (non-hydrogen) atoms. The summed E-state index contributed by atoms with van der Waals surface area (Å²) in [5.74, 6) is 2.58. The fourth-order valence-corrected chi connectivity index (χ4v) is 5.17. The van der Waals surface area contributed by atoms with Crippen molar-refractivity contribution < 1.29 is 14.3 Å². The molecule has 0 aliphatic carbocycles. The second-order valence-corrected chi connectivity index (χ2v) is 10.0. The minimum absolute atomic E-state index is 0.0367. The Morgan fingerprint density at radius 1 is 0.914 bits per heavy atom. The van der Waals surface area contributed by atoms with Crippen molar-refractivity contribution in [3.05, 3.63) is 94.0 Å². The lowest BCUT2D eigenvalue weighted by Gasteiger charge is -2.40. The summed E-state index contributed by atoms with van der Waals surface area (Å²) in [6.45, 7) is 0.504. The number of nitrogens with zero attached hydrogens (tertiary/aromatic N) is 1. The molecule has 1 aliphatic heterocycles. The first-order valence-electron chi connectivity index (χ1n) is 11.4. The molecule has 0 N–H and O–H groups in total. The van der Waals surface area contributed by atoms with E-state index in [9.17, 15) is 4.79 Å². The van der Waals surface area contributed by atoms with Gasteiger partial charge in [0.1, 0.15) is 11.5 Å². The van der Waals surface area contributed by atoms with Crippen molar-refractivity contribution in [1.82, 2.24) is 4.90 Å². The Morgan fingerprint density at radius 3 is 2.17 bits per heavy atom. The van der Waals surface area contributed by atoms with Crippen molar-refractivity contribution in [2.24, 2.45) is 5.92 Å². The Bertz CT molecular complexity index is 1080. The van der Waals surface area contributed by atoms with Crippen LogP contribution in [0.1, 0.15) is 30.0 Å².